The standard InChI is InChI=1S/C17H13Cl2N3O4/c1-2-6-20-17(24)13-8-11(18)9-14(19)15(13)21-16(23)10-4-3-5-12(7-10)22(25)26/h2-5,7-9H,1,6H2,(H,20,24)(H,21,23). The maximum Gasteiger partial charge on any atom is 0.270 e. The molecule has 2 N–H and O–H groups in total. The number of halogens is 2. The largest absolute Gasteiger partial charge is 0.349 e. The van der Waals surface area contributed by atoms with Crippen LogP contribution in [0.2, 0.25) is 10.0 Å². The molecule has 0 heterocycles. The lowest BCUT2D eigenvalue weighted by Gasteiger charge is -2.13. The first-order valence-corrected chi connectivity index (χ1v) is 8.03. The normalized spacial score (nSPS) is 10.1. The fourth-order valence-corrected chi connectivity index (χ4v) is 2.63. The predicted molar refractivity (Wildman–Crippen MR) is 100 cm³/mol. The minimum absolute atomic E-state index is 0.0441. The number of amides is 2. The SMILES string of the molecule is C=CCNC(=O)c1cc(Cl)cc(Cl)c1NC(=O)c1cccc([N+](=O)[O-])c1. The first kappa shape index (κ1) is 19.4. The highest BCUT2D eigenvalue weighted by Gasteiger charge is 2.19. The first-order valence-electron chi connectivity index (χ1n) is 7.27. The zero-order valence-corrected chi connectivity index (χ0v) is 14.8. The summed E-state index contributed by atoms with van der Waals surface area (Å²) in [5.41, 5.74) is -0.0799. The summed E-state index contributed by atoms with van der Waals surface area (Å²) in [7, 11) is 0. The topological polar surface area (TPSA) is 101 Å². The summed E-state index contributed by atoms with van der Waals surface area (Å²) in [6, 6.07) is 7.90. The van der Waals surface area contributed by atoms with Gasteiger partial charge < -0.3 is 10.6 Å². The van der Waals surface area contributed by atoms with E-state index in [2.05, 4.69) is 17.2 Å². The van der Waals surface area contributed by atoms with E-state index in [0.717, 1.165) is 6.07 Å². The highest BCUT2D eigenvalue weighted by atomic mass is 35.5. The van der Waals surface area contributed by atoms with Gasteiger partial charge in [-0.1, -0.05) is 35.3 Å². The van der Waals surface area contributed by atoms with E-state index < -0.39 is 16.7 Å². The van der Waals surface area contributed by atoms with Gasteiger partial charge in [-0.2, -0.15) is 0 Å². The molecule has 0 atom stereocenters. The highest BCUT2D eigenvalue weighted by Crippen LogP contribution is 2.31. The number of carbonyl (C=O) groups is 2. The van der Waals surface area contributed by atoms with Crippen molar-refractivity contribution in [3.8, 4) is 0 Å². The summed E-state index contributed by atoms with van der Waals surface area (Å²) in [6.45, 7) is 3.71. The Morgan fingerprint density at radius 2 is 1.92 bits per heavy atom. The molecule has 7 nitrogen and oxygen atoms in total. The summed E-state index contributed by atoms with van der Waals surface area (Å²) >= 11 is 12.1. The molecule has 0 bridgehead atoms. The molecular formula is C17H13Cl2N3O4. The minimum Gasteiger partial charge on any atom is -0.349 e. The Hall–Kier alpha value is -2.90. The van der Waals surface area contributed by atoms with E-state index in [0.29, 0.717) is 0 Å². The van der Waals surface area contributed by atoms with Crippen LogP contribution in [0.3, 0.4) is 0 Å². The van der Waals surface area contributed by atoms with Crippen LogP contribution in [-0.4, -0.2) is 23.3 Å². The predicted octanol–water partition coefficient (Wildman–Crippen LogP) is 4.07. The van der Waals surface area contributed by atoms with Crippen molar-refractivity contribution in [3.63, 3.8) is 0 Å². The molecule has 2 rings (SSSR count). The van der Waals surface area contributed by atoms with Crippen molar-refractivity contribution in [1.82, 2.24) is 5.32 Å². The molecule has 0 fully saturated rings. The molecule has 0 aliphatic rings. The summed E-state index contributed by atoms with van der Waals surface area (Å²) in [4.78, 5) is 35.0. The maximum absolute atomic E-state index is 12.4. The Labute approximate surface area is 158 Å². The van der Waals surface area contributed by atoms with Crippen LogP contribution in [0, 0.1) is 10.1 Å². The summed E-state index contributed by atoms with van der Waals surface area (Å²) in [5, 5.41) is 16.2. The van der Waals surface area contributed by atoms with E-state index in [-0.39, 0.29) is 39.1 Å². The molecule has 134 valence electrons. The number of anilines is 1. The van der Waals surface area contributed by atoms with Gasteiger partial charge in [-0.05, 0) is 18.2 Å². The van der Waals surface area contributed by atoms with Crippen LogP contribution in [0.15, 0.2) is 49.1 Å². The number of hydrogen-bond donors (Lipinski definition) is 2. The van der Waals surface area contributed by atoms with E-state index in [1.807, 2.05) is 0 Å². The van der Waals surface area contributed by atoms with Gasteiger partial charge in [0.15, 0.2) is 0 Å². The van der Waals surface area contributed by atoms with E-state index in [9.17, 15) is 19.7 Å². The Bertz CT molecular complexity index is 900. The second-order valence-corrected chi connectivity index (χ2v) is 5.91. The van der Waals surface area contributed by atoms with Crippen LogP contribution < -0.4 is 10.6 Å². The number of nitrogens with one attached hydrogen (secondary N) is 2. The molecule has 0 aromatic heterocycles. The van der Waals surface area contributed by atoms with Crippen molar-refractivity contribution in [1.29, 1.82) is 0 Å². The van der Waals surface area contributed by atoms with Crippen LogP contribution >= 0.6 is 23.2 Å². The zero-order chi connectivity index (χ0) is 19.3. The first-order chi connectivity index (χ1) is 12.3. The lowest BCUT2D eigenvalue weighted by molar-refractivity contribution is -0.384. The van der Waals surface area contributed by atoms with Gasteiger partial charge in [0.05, 0.1) is 21.2 Å². The number of nitro groups is 1. The Morgan fingerprint density at radius 3 is 2.58 bits per heavy atom. The summed E-state index contributed by atoms with van der Waals surface area (Å²) in [5.74, 6) is -1.17. The lowest BCUT2D eigenvalue weighted by atomic mass is 10.1. The average molecular weight is 394 g/mol. The molecular weight excluding hydrogens is 381 g/mol. The van der Waals surface area contributed by atoms with Crippen LogP contribution in [0.4, 0.5) is 11.4 Å². The third-order valence-electron chi connectivity index (χ3n) is 3.26. The number of nitro benzene ring substituents is 1. The third kappa shape index (κ3) is 4.59. The van der Waals surface area contributed by atoms with E-state index in [4.69, 9.17) is 23.2 Å². The fraction of sp³-hybridized carbons (Fsp3) is 0.0588. The monoisotopic (exact) mass is 393 g/mol. The highest BCUT2D eigenvalue weighted by molar-refractivity contribution is 6.38. The number of carbonyl (C=O) groups excluding carboxylic acids is 2. The molecule has 0 radical (unpaired) electrons. The number of rotatable bonds is 6. The number of benzene rings is 2. The minimum atomic E-state index is -0.657. The second kappa shape index (κ2) is 8.46. The van der Waals surface area contributed by atoms with Crippen molar-refractivity contribution in [2.24, 2.45) is 0 Å². The summed E-state index contributed by atoms with van der Waals surface area (Å²) in [6.07, 6.45) is 1.49. The van der Waals surface area contributed by atoms with Crippen LogP contribution in [0.1, 0.15) is 20.7 Å². The van der Waals surface area contributed by atoms with Crippen molar-refractivity contribution in [2.45, 2.75) is 0 Å². The van der Waals surface area contributed by atoms with Gasteiger partial charge in [0, 0.05) is 29.3 Å². The van der Waals surface area contributed by atoms with Gasteiger partial charge in [-0.15, -0.1) is 6.58 Å². The van der Waals surface area contributed by atoms with Gasteiger partial charge in [0.1, 0.15) is 0 Å². The average Bonchev–Trinajstić information content (AvgIpc) is 2.61. The fourth-order valence-electron chi connectivity index (χ4n) is 2.09. The lowest BCUT2D eigenvalue weighted by Crippen LogP contribution is -2.25. The molecule has 2 amide bonds. The van der Waals surface area contributed by atoms with E-state index in [1.165, 1.54) is 36.4 Å². The van der Waals surface area contributed by atoms with Crippen molar-refractivity contribution in [2.75, 3.05) is 11.9 Å². The van der Waals surface area contributed by atoms with E-state index in [1.54, 1.807) is 0 Å². The smallest absolute Gasteiger partial charge is 0.270 e. The Balaban J connectivity index is 2.37. The molecule has 0 spiro atoms. The molecule has 2 aromatic rings. The maximum atomic E-state index is 12.4. The number of non-ortho nitro benzene ring substituents is 1. The molecule has 0 saturated heterocycles. The van der Waals surface area contributed by atoms with Gasteiger partial charge in [0.2, 0.25) is 0 Å². The van der Waals surface area contributed by atoms with Crippen molar-refractivity contribution in [3.05, 3.63) is 80.3 Å². The number of hydrogen-bond acceptors (Lipinski definition) is 4. The molecule has 0 saturated carbocycles. The molecule has 0 unspecified atom stereocenters. The Morgan fingerprint density at radius 1 is 1.19 bits per heavy atom. The van der Waals surface area contributed by atoms with Crippen LogP contribution in [-0.2, 0) is 0 Å². The molecule has 9 heteroatoms. The van der Waals surface area contributed by atoms with Crippen molar-refractivity contribution < 1.29 is 14.5 Å². The molecule has 2 aromatic carbocycles. The van der Waals surface area contributed by atoms with Gasteiger partial charge >= 0.3 is 0 Å². The van der Waals surface area contributed by atoms with E-state index >= 15 is 0 Å². The van der Waals surface area contributed by atoms with Gasteiger partial charge in [-0.3, -0.25) is 19.7 Å². The summed E-state index contributed by atoms with van der Waals surface area (Å²) < 4.78 is 0. The van der Waals surface area contributed by atoms with Gasteiger partial charge in [-0.25, -0.2) is 0 Å². The zero-order valence-electron chi connectivity index (χ0n) is 13.3. The Kier molecular flexibility index (Phi) is 6.32. The molecule has 26 heavy (non-hydrogen) atoms. The van der Waals surface area contributed by atoms with Crippen molar-refractivity contribution >= 4 is 46.4 Å². The molecule has 0 aliphatic carbocycles. The quantitative estimate of drug-likeness (QED) is 0.438. The second-order valence-electron chi connectivity index (χ2n) is 5.07. The van der Waals surface area contributed by atoms with Crippen LogP contribution in [0.5, 0.6) is 0 Å². The van der Waals surface area contributed by atoms with Gasteiger partial charge in [0.25, 0.3) is 17.5 Å². The number of nitrogens with zero attached hydrogens (tertiary/aromatic N) is 1. The van der Waals surface area contributed by atoms with Crippen LogP contribution in [0.25, 0.3) is 0 Å². The molecule has 0 aliphatic heterocycles. The third-order valence-corrected chi connectivity index (χ3v) is 3.78.